The molecule has 2 unspecified atom stereocenters. The van der Waals surface area contributed by atoms with Crippen LogP contribution in [0, 0.1) is 11.6 Å². The Hall–Kier alpha value is -2.96. The average Bonchev–Trinajstić information content (AvgIpc) is 3.01. The average molecular weight is 344 g/mol. The molecule has 0 saturated carbocycles. The third-order valence-corrected chi connectivity index (χ3v) is 3.96. The van der Waals surface area contributed by atoms with Crippen molar-refractivity contribution in [3.05, 3.63) is 65.5 Å². The maximum absolute atomic E-state index is 13.3. The molecule has 25 heavy (non-hydrogen) atoms. The van der Waals surface area contributed by atoms with E-state index < -0.39 is 23.7 Å². The van der Waals surface area contributed by atoms with Crippen molar-refractivity contribution in [3.63, 3.8) is 0 Å². The van der Waals surface area contributed by atoms with Gasteiger partial charge in [-0.3, -0.25) is 0 Å². The van der Waals surface area contributed by atoms with Gasteiger partial charge in [0.05, 0.1) is 23.1 Å². The molecule has 0 bridgehead atoms. The van der Waals surface area contributed by atoms with Crippen molar-refractivity contribution in [2.75, 3.05) is 0 Å². The Labute approximate surface area is 143 Å². The monoisotopic (exact) mass is 344 g/mol. The molecule has 130 valence electrons. The van der Waals surface area contributed by atoms with Crippen molar-refractivity contribution in [1.82, 2.24) is 20.6 Å². The van der Waals surface area contributed by atoms with Gasteiger partial charge in [0.25, 0.3) is 0 Å². The summed E-state index contributed by atoms with van der Waals surface area (Å²) in [7, 11) is 0. The lowest BCUT2D eigenvalue weighted by molar-refractivity contribution is 0.234. The van der Waals surface area contributed by atoms with Crippen molar-refractivity contribution < 1.29 is 13.6 Å². The Bertz CT molecular complexity index is 876. The predicted octanol–water partition coefficient (Wildman–Crippen LogP) is 3.96. The summed E-state index contributed by atoms with van der Waals surface area (Å²) >= 11 is 0. The van der Waals surface area contributed by atoms with Crippen molar-refractivity contribution >= 4 is 17.1 Å². The van der Waals surface area contributed by atoms with Crippen molar-refractivity contribution in [3.8, 4) is 0 Å². The summed E-state index contributed by atoms with van der Waals surface area (Å²) in [4.78, 5) is 19.7. The van der Waals surface area contributed by atoms with E-state index in [1.165, 1.54) is 6.07 Å². The van der Waals surface area contributed by atoms with Gasteiger partial charge in [0, 0.05) is 0 Å². The number of H-pyrrole nitrogens is 1. The molecular formula is C18H18F2N4O. The number of urea groups is 1. The molecule has 0 aliphatic rings. The van der Waals surface area contributed by atoms with E-state index in [2.05, 4.69) is 20.6 Å². The Morgan fingerprint density at radius 2 is 1.76 bits per heavy atom. The van der Waals surface area contributed by atoms with Crippen molar-refractivity contribution in [2.45, 2.75) is 25.9 Å². The Morgan fingerprint density at radius 3 is 2.48 bits per heavy atom. The van der Waals surface area contributed by atoms with Crippen LogP contribution in [0.4, 0.5) is 13.6 Å². The number of benzene rings is 2. The summed E-state index contributed by atoms with van der Waals surface area (Å²) in [5.41, 5.74) is 2.19. The van der Waals surface area contributed by atoms with Crippen LogP contribution in [0.5, 0.6) is 0 Å². The molecule has 5 nitrogen and oxygen atoms in total. The van der Waals surface area contributed by atoms with Crippen LogP contribution in [-0.4, -0.2) is 16.0 Å². The number of aromatic nitrogens is 2. The predicted molar refractivity (Wildman–Crippen MR) is 90.9 cm³/mol. The molecule has 0 fully saturated rings. The summed E-state index contributed by atoms with van der Waals surface area (Å²) in [6.07, 6.45) is 0. The van der Waals surface area contributed by atoms with E-state index in [-0.39, 0.29) is 6.04 Å². The summed E-state index contributed by atoms with van der Waals surface area (Å²) in [6.45, 7) is 3.50. The second-order valence-corrected chi connectivity index (χ2v) is 5.87. The number of nitrogens with one attached hydrogen (secondary N) is 3. The SMILES string of the molecule is CC(NC(=O)NC(C)c1nc2ccccc2[nH]1)c1ccc(F)c(F)c1. The molecule has 3 N–H and O–H groups in total. The first kappa shape index (κ1) is 16.9. The first-order valence-corrected chi connectivity index (χ1v) is 7.90. The van der Waals surface area contributed by atoms with E-state index in [1.807, 2.05) is 24.3 Å². The van der Waals surface area contributed by atoms with Gasteiger partial charge in [0.15, 0.2) is 11.6 Å². The highest BCUT2D eigenvalue weighted by molar-refractivity contribution is 5.76. The largest absolute Gasteiger partial charge is 0.340 e. The summed E-state index contributed by atoms with van der Waals surface area (Å²) < 4.78 is 26.3. The van der Waals surface area contributed by atoms with Gasteiger partial charge >= 0.3 is 6.03 Å². The lowest BCUT2D eigenvalue weighted by Gasteiger charge is -2.17. The molecular weight excluding hydrogens is 326 g/mol. The molecule has 3 rings (SSSR count). The number of hydrogen-bond donors (Lipinski definition) is 3. The molecule has 0 saturated heterocycles. The fraction of sp³-hybridized carbons (Fsp3) is 0.222. The van der Waals surface area contributed by atoms with Gasteiger partial charge in [0.2, 0.25) is 0 Å². The lowest BCUT2D eigenvalue weighted by atomic mass is 10.1. The molecule has 0 spiro atoms. The third-order valence-electron chi connectivity index (χ3n) is 3.96. The van der Waals surface area contributed by atoms with Crippen molar-refractivity contribution in [2.24, 2.45) is 0 Å². The second-order valence-electron chi connectivity index (χ2n) is 5.87. The Kier molecular flexibility index (Phi) is 4.65. The number of fused-ring (bicyclic) bond motifs is 1. The number of rotatable bonds is 4. The van der Waals surface area contributed by atoms with E-state index >= 15 is 0 Å². The molecule has 7 heteroatoms. The first-order chi connectivity index (χ1) is 11.9. The molecule has 3 aromatic rings. The number of para-hydroxylation sites is 2. The van der Waals surface area contributed by atoms with Crippen LogP contribution in [-0.2, 0) is 0 Å². The molecule has 0 aliphatic carbocycles. The quantitative estimate of drug-likeness (QED) is 0.670. The molecule has 1 aromatic heterocycles. The minimum atomic E-state index is -0.942. The van der Waals surface area contributed by atoms with Crippen LogP contribution in [0.2, 0.25) is 0 Å². The van der Waals surface area contributed by atoms with Crippen LogP contribution in [0.1, 0.15) is 37.3 Å². The summed E-state index contributed by atoms with van der Waals surface area (Å²) in [5.74, 6) is -1.22. The molecule has 0 radical (unpaired) electrons. The van der Waals surface area contributed by atoms with Crippen molar-refractivity contribution in [1.29, 1.82) is 0 Å². The topological polar surface area (TPSA) is 69.8 Å². The smallest absolute Gasteiger partial charge is 0.315 e. The van der Waals surface area contributed by atoms with Gasteiger partial charge in [-0.05, 0) is 43.7 Å². The number of nitrogens with zero attached hydrogens (tertiary/aromatic N) is 1. The standard InChI is InChI=1S/C18H18F2N4O/c1-10(12-7-8-13(19)14(20)9-12)21-18(25)22-11(2)17-23-15-5-3-4-6-16(15)24-17/h3-11H,1-2H3,(H,23,24)(H2,21,22,25). The zero-order valence-corrected chi connectivity index (χ0v) is 13.8. The molecule has 2 aromatic carbocycles. The zero-order valence-electron chi connectivity index (χ0n) is 13.8. The highest BCUT2D eigenvalue weighted by atomic mass is 19.2. The summed E-state index contributed by atoms with van der Waals surface area (Å²) in [5, 5.41) is 5.47. The number of carbonyl (C=O) groups excluding carboxylic acids is 1. The Balaban J connectivity index is 1.63. The number of halogens is 2. The van der Waals surface area contributed by atoms with E-state index in [4.69, 9.17) is 0 Å². The Morgan fingerprint density at radius 1 is 1.04 bits per heavy atom. The first-order valence-electron chi connectivity index (χ1n) is 7.90. The number of amides is 2. The molecule has 1 heterocycles. The normalized spacial score (nSPS) is 13.4. The number of hydrogen-bond acceptors (Lipinski definition) is 2. The number of imidazole rings is 1. The van der Waals surface area contributed by atoms with E-state index in [0.717, 1.165) is 23.2 Å². The number of carbonyl (C=O) groups is 1. The zero-order chi connectivity index (χ0) is 18.0. The van der Waals surface area contributed by atoms with Crippen LogP contribution < -0.4 is 10.6 Å². The maximum Gasteiger partial charge on any atom is 0.315 e. The van der Waals surface area contributed by atoms with Crippen LogP contribution >= 0.6 is 0 Å². The molecule has 0 aliphatic heterocycles. The van der Waals surface area contributed by atoms with Gasteiger partial charge < -0.3 is 15.6 Å². The van der Waals surface area contributed by atoms with Crippen LogP contribution in [0.25, 0.3) is 11.0 Å². The highest BCUT2D eigenvalue weighted by Gasteiger charge is 2.16. The maximum atomic E-state index is 13.3. The fourth-order valence-electron chi connectivity index (χ4n) is 2.55. The number of aromatic amines is 1. The third kappa shape index (κ3) is 3.76. The van der Waals surface area contributed by atoms with Gasteiger partial charge in [-0.2, -0.15) is 0 Å². The fourth-order valence-corrected chi connectivity index (χ4v) is 2.55. The van der Waals surface area contributed by atoms with Gasteiger partial charge in [0.1, 0.15) is 5.82 Å². The van der Waals surface area contributed by atoms with Crippen LogP contribution in [0.3, 0.4) is 0 Å². The van der Waals surface area contributed by atoms with Gasteiger partial charge in [-0.1, -0.05) is 18.2 Å². The second kappa shape index (κ2) is 6.88. The summed E-state index contributed by atoms with van der Waals surface area (Å²) in [6, 6.07) is 9.89. The van der Waals surface area contributed by atoms with Crippen LogP contribution in [0.15, 0.2) is 42.5 Å². The molecule has 2 amide bonds. The minimum Gasteiger partial charge on any atom is -0.340 e. The van der Waals surface area contributed by atoms with E-state index in [0.29, 0.717) is 11.4 Å². The lowest BCUT2D eigenvalue weighted by Crippen LogP contribution is -2.38. The van der Waals surface area contributed by atoms with E-state index in [1.54, 1.807) is 13.8 Å². The van der Waals surface area contributed by atoms with E-state index in [9.17, 15) is 13.6 Å². The highest BCUT2D eigenvalue weighted by Crippen LogP contribution is 2.17. The molecule has 2 atom stereocenters. The van der Waals surface area contributed by atoms with Gasteiger partial charge in [-0.25, -0.2) is 18.6 Å². The minimum absolute atomic E-state index is 0.343. The van der Waals surface area contributed by atoms with Gasteiger partial charge in [-0.15, -0.1) is 0 Å².